The number of sulfone groups is 1. The van der Waals surface area contributed by atoms with E-state index >= 15 is 0 Å². The maximum atomic E-state index is 12.3. The number of hydrogen-bond donors (Lipinski definition) is 2. The van der Waals surface area contributed by atoms with E-state index in [-0.39, 0.29) is 36.3 Å². The minimum absolute atomic E-state index is 0. The van der Waals surface area contributed by atoms with Crippen molar-refractivity contribution in [1.82, 2.24) is 10.6 Å². The minimum Gasteiger partial charge on any atom is -0.497 e. The van der Waals surface area contributed by atoms with Crippen LogP contribution in [0.5, 0.6) is 5.75 Å². The molecule has 0 unspecified atom stereocenters. The third-order valence-electron chi connectivity index (χ3n) is 3.66. The Morgan fingerprint density at radius 3 is 2.48 bits per heavy atom. The zero-order valence-corrected chi connectivity index (χ0v) is 18.7. The average Bonchev–Trinajstić information content (AvgIpc) is 2.67. The summed E-state index contributed by atoms with van der Waals surface area (Å²) in [5.41, 5.74) is 1.01. The number of nitrogens with zero attached hydrogens (tertiary/aromatic N) is 1. The van der Waals surface area contributed by atoms with E-state index in [2.05, 4.69) is 15.6 Å². The van der Waals surface area contributed by atoms with Crippen LogP contribution in [0.4, 0.5) is 0 Å². The average molecular weight is 503 g/mol. The highest BCUT2D eigenvalue weighted by Gasteiger charge is 2.13. The summed E-state index contributed by atoms with van der Waals surface area (Å²) in [4.78, 5) is 4.83. The Hall–Kier alpha value is -1.81. The van der Waals surface area contributed by atoms with Crippen molar-refractivity contribution in [3.05, 3.63) is 60.2 Å². The van der Waals surface area contributed by atoms with Crippen molar-refractivity contribution in [2.75, 3.05) is 26.0 Å². The summed E-state index contributed by atoms with van der Waals surface area (Å²) < 4.78 is 29.8. The van der Waals surface area contributed by atoms with E-state index in [1.807, 2.05) is 31.2 Å². The summed E-state index contributed by atoms with van der Waals surface area (Å²) in [5, 5.41) is 6.19. The molecule has 0 aliphatic heterocycles. The molecule has 0 saturated heterocycles. The fourth-order valence-corrected chi connectivity index (χ4v) is 3.51. The van der Waals surface area contributed by atoms with Crippen LogP contribution in [-0.4, -0.2) is 40.3 Å². The molecule has 8 heteroatoms. The van der Waals surface area contributed by atoms with Crippen LogP contribution in [0, 0.1) is 0 Å². The van der Waals surface area contributed by atoms with Crippen LogP contribution < -0.4 is 15.4 Å². The monoisotopic (exact) mass is 503 g/mol. The maximum absolute atomic E-state index is 12.3. The first kappa shape index (κ1) is 23.2. The molecule has 0 aliphatic rings. The van der Waals surface area contributed by atoms with Gasteiger partial charge in [0.05, 0.1) is 24.3 Å². The molecule has 0 spiro atoms. The van der Waals surface area contributed by atoms with Crippen LogP contribution >= 0.6 is 24.0 Å². The van der Waals surface area contributed by atoms with Gasteiger partial charge in [-0.2, -0.15) is 0 Å². The Kier molecular flexibility index (Phi) is 10.2. The smallest absolute Gasteiger partial charge is 0.191 e. The van der Waals surface area contributed by atoms with Gasteiger partial charge in [0, 0.05) is 13.1 Å². The van der Waals surface area contributed by atoms with Gasteiger partial charge in [-0.25, -0.2) is 13.4 Å². The molecule has 0 amide bonds. The first-order valence-corrected chi connectivity index (χ1v) is 10.1. The van der Waals surface area contributed by atoms with Crippen LogP contribution in [0.15, 0.2) is 64.5 Å². The summed E-state index contributed by atoms with van der Waals surface area (Å²) in [7, 11) is -1.68. The summed E-state index contributed by atoms with van der Waals surface area (Å²) in [5.74, 6) is 1.36. The van der Waals surface area contributed by atoms with Crippen LogP contribution in [0.1, 0.15) is 12.5 Å². The molecule has 0 fully saturated rings. The van der Waals surface area contributed by atoms with Crippen LogP contribution in [0.3, 0.4) is 0 Å². The highest BCUT2D eigenvalue weighted by Crippen LogP contribution is 2.13. The maximum Gasteiger partial charge on any atom is 0.191 e. The molecule has 2 aromatic carbocycles. The number of halogens is 1. The van der Waals surface area contributed by atoms with Gasteiger partial charge in [-0.3, -0.25) is 0 Å². The number of ether oxygens (including phenoxy) is 1. The Morgan fingerprint density at radius 1 is 1.07 bits per heavy atom. The number of methoxy groups -OCH3 is 1. The highest BCUT2D eigenvalue weighted by molar-refractivity contribution is 14.0. The summed E-state index contributed by atoms with van der Waals surface area (Å²) in [6.45, 7) is 3.40. The fourth-order valence-electron chi connectivity index (χ4n) is 2.33. The summed E-state index contributed by atoms with van der Waals surface area (Å²) >= 11 is 0. The fraction of sp³-hybridized carbons (Fsp3) is 0.316. The molecule has 0 saturated carbocycles. The van der Waals surface area contributed by atoms with Gasteiger partial charge >= 0.3 is 0 Å². The lowest BCUT2D eigenvalue weighted by molar-refractivity contribution is 0.414. The van der Waals surface area contributed by atoms with Crippen LogP contribution in [0.25, 0.3) is 0 Å². The Balaban J connectivity index is 0.00000364. The summed E-state index contributed by atoms with van der Waals surface area (Å²) in [6, 6.07) is 16.1. The molecule has 148 valence electrons. The van der Waals surface area contributed by atoms with Crippen molar-refractivity contribution in [2.45, 2.75) is 18.4 Å². The van der Waals surface area contributed by atoms with Crippen LogP contribution in [-0.2, 0) is 16.4 Å². The third-order valence-corrected chi connectivity index (χ3v) is 5.40. The summed E-state index contributed by atoms with van der Waals surface area (Å²) in [6.07, 6.45) is 0. The lowest BCUT2D eigenvalue weighted by Crippen LogP contribution is -2.39. The predicted octanol–water partition coefficient (Wildman–Crippen LogP) is 2.84. The molecule has 2 aromatic rings. The molecule has 27 heavy (non-hydrogen) atoms. The van der Waals surface area contributed by atoms with E-state index in [0.29, 0.717) is 23.9 Å². The molecule has 0 atom stereocenters. The number of nitrogens with one attached hydrogen (secondary N) is 2. The lowest BCUT2D eigenvalue weighted by Gasteiger charge is -2.12. The van der Waals surface area contributed by atoms with Gasteiger partial charge in [0.1, 0.15) is 5.75 Å². The zero-order chi connectivity index (χ0) is 18.8. The standard InChI is InChI=1S/C19H25N3O3S.HI/c1-3-20-19(22-15-16-8-7-9-17(14-16)25-2)21-12-13-26(23,24)18-10-5-4-6-11-18;/h4-11,14H,3,12-13,15H2,1-2H3,(H2,20,21,22);1H. The van der Waals surface area contributed by atoms with Crippen molar-refractivity contribution < 1.29 is 13.2 Å². The second kappa shape index (κ2) is 11.8. The lowest BCUT2D eigenvalue weighted by atomic mass is 10.2. The van der Waals surface area contributed by atoms with E-state index in [1.165, 1.54) is 0 Å². The van der Waals surface area contributed by atoms with E-state index in [4.69, 9.17) is 4.74 Å². The molecular weight excluding hydrogens is 477 g/mol. The number of aliphatic imine (C=N–C) groups is 1. The van der Waals surface area contributed by atoms with Gasteiger partial charge in [0.2, 0.25) is 0 Å². The quantitative estimate of drug-likeness (QED) is 0.329. The van der Waals surface area contributed by atoms with Crippen molar-refractivity contribution in [1.29, 1.82) is 0 Å². The molecule has 6 nitrogen and oxygen atoms in total. The van der Waals surface area contributed by atoms with Gasteiger partial charge < -0.3 is 15.4 Å². The van der Waals surface area contributed by atoms with E-state index < -0.39 is 9.84 Å². The van der Waals surface area contributed by atoms with E-state index in [9.17, 15) is 8.42 Å². The normalized spacial score (nSPS) is 11.4. The number of benzene rings is 2. The SMILES string of the molecule is CCNC(=NCc1cccc(OC)c1)NCCS(=O)(=O)c1ccccc1.I. The topological polar surface area (TPSA) is 79.8 Å². The zero-order valence-electron chi connectivity index (χ0n) is 15.5. The molecule has 0 aliphatic carbocycles. The van der Waals surface area contributed by atoms with Crippen molar-refractivity contribution in [3.8, 4) is 5.75 Å². The second-order valence-electron chi connectivity index (χ2n) is 5.61. The Bertz CT molecular complexity index is 827. The van der Waals surface area contributed by atoms with Crippen molar-refractivity contribution in [3.63, 3.8) is 0 Å². The van der Waals surface area contributed by atoms with Crippen molar-refractivity contribution >= 4 is 39.8 Å². The molecule has 0 bridgehead atoms. The molecule has 0 radical (unpaired) electrons. The number of guanidine groups is 1. The van der Waals surface area contributed by atoms with Gasteiger partial charge in [0.15, 0.2) is 15.8 Å². The van der Waals surface area contributed by atoms with Gasteiger partial charge in [-0.15, -0.1) is 24.0 Å². The number of hydrogen-bond acceptors (Lipinski definition) is 4. The Labute approximate surface area is 178 Å². The number of rotatable bonds is 8. The van der Waals surface area contributed by atoms with E-state index in [0.717, 1.165) is 11.3 Å². The van der Waals surface area contributed by atoms with Crippen molar-refractivity contribution in [2.24, 2.45) is 4.99 Å². The first-order valence-electron chi connectivity index (χ1n) is 8.48. The molecule has 0 aromatic heterocycles. The predicted molar refractivity (Wildman–Crippen MR) is 120 cm³/mol. The van der Waals surface area contributed by atoms with Gasteiger partial charge in [-0.1, -0.05) is 30.3 Å². The molecule has 2 rings (SSSR count). The molecule has 0 heterocycles. The first-order chi connectivity index (χ1) is 12.5. The largest absolute Gasteiger partial charge is 0.497 e. The van der Waals surface area contributed by atoms with Gasteiger partial charge in [0.25, 0.3) is 0 Å². The van der Waals surface area contributed by atoms with E-state index in [1.54, 1.807) is 37.4 Å². The Morgan fingerprint density at radius 2 is 1.81 bits per heavy atom. The minimum atomic E-state index is -3.31. The molecular formula is C19H26IN3O3S. The third kappa shape index (κ3) is 7.76. The second-order valence-corrected chi connectivity index (χ2v) is 7.71. The molecule has 2 N–H and O–H groups in total. The highest BCUT2D eigenvalue weighted by atomic mass is 127. The van der Waals surface area contributed by atoms with Crippen LogP contribution in [0.2, 0.25) is 0 Å². The van der Waals surface area contributed by atoms with Gasteiger partial charge in [-0.05, 0) is 36.8 Å².